The van der Waals surface area contributed by atoms with Crippen molar-refractivity contribution in [3.05, 3.63) is 86.7 Å². The van der Waals surface area contributed by atoms with Crippen molar-refractivity contribution in [3.63, 3.8) is 0 Å². The lowest BCUT2D eigenvalue weighted by molar-refractivity contribution is -0.384. The second kappa shape index (κ2) is 8.54. The number of nitrogens with zero attached hydrogens (tertiary/aromatic N) is 3. The number of esters is 1. The maximum Gasteiger partial charge on any atom is 0.344 e. The van der Waals surface area contributed by atoms with Crippen LogP contribution >= 0.6 is 0 Å². The summed E-state index contributed by atoms with van der Waals surface area (Å²) in [6.45, 7) is 6.46. The average Bonchev–Trinajstić information content (AvgIpc) is 3.04. The number of aliphatic imine (C=N–C) groups is 2. The molecule has 2 aromatic rings. The molecular formula is C23H21N3O6. The van der Waals surface area contributed by atoms with Crippen molar-refractivity contribution in [1.82, 2.24) is 0 Å². The Hall–Kier alpha value is -4.14. The molecule has 0 fully saturated rings. The zero-order valence-electron chi connectivity index (χ0n) is 17.9. The van der Waals surface area contributed by atoms with Crippen molar-refractivity contribution in [2.24, 2.45) is 9.98 Å². The number of hydrogen-bond donors (Lipinski definition) is 1. The molecule has 1 aliphatic rings. The summed E-state index contributed by atoms with van der Waals surface area (Å²) < 4.78 is 5.41. The SMILES string of the molecule is C/C(O)=C(/C(=O)OC(C)(C)C)C1=NC(=NC(=O)c2ccc([N+](=O)[O-])cc2)c2ccccc21. The van der Waals surface area contributed by atoms with Crippen molar-refractivity contribution in [3.8, 4) is 0 Å². The van der Waals surface area contributed by atoms with E-state index < -0.39 is 22.4 Å². The summed E-state index contributed by atoms with van der Waals surface area (Å²) in [6.07, 6.45) is 0. The molecule has 0 spiro atoms. The van der Waals surface area contributed by atoms with E-state index in [0.717, 1.165) is 0 Å². The van der Waals surface area contributed by atoms with Crippen molar-refractivity contribution in [2.45, 2.75) is 33.3 Å². The van der Waals surface area contributed by atoms with Crippen LogP contribution in [0, 0.1) is 10.1 Å². The van der Waals surface area contributed by atoms with Gasteiger partial charge in [-0.2, -0.15) is 4.99 Å². The molecular weight excluding hydrogens is 414 g/mol. The third-order valence-corrected chi connectivity index (χ3v) is 4.37. The van der Waals surface area contributed by atoms with Crippen LogP contribution in [0.15, 0.2) is 69.8 Å². The van der Waals surface area contributed by atoms with Crippen molar-refractivity contribution in [2.75, 3.05) is 0 Å². The molecule has 0 aliphatic carbocycles. The lowest BCUT2D eigenvalue weighted by Gasteiger charge is -2.21. The molecule has 3 rings (SSSR count). The molecule has 0 bridgehead atoms. The van der Waals surface area contributed by atoms with Crippen LogP contribution in [-0.2, 0) is 9.53 Å². The number of non-ortho nitro benzene ring substituents is 1. The Bertz CT molecular complexity index is 1200. The highest BCUT2D eigenvalue weighted by molar-refractivity contribution is 6.36. The monoisotopic (exact) mass is 435 g/mol. The normalized spacial score (nSPS) is 15.0. The molecule has 0 saturated carbocycles. The van der Waals surface area contributed by atoms with Crippen LogP contribution < -0.4 is 0 Å². The number of carbonyl (C=O) groups excluding carboxylic acids is 2. The molecule has 0 saturated heterocycles. The first kappa shape index (κ1) is 22.5. The van der Waals surface area contributed by atoms with Gasteiger partial charge in [0.15, 0.2) is 5.84 Å². The number of aliphatic hydroxyl groups excluding tert-OH is 1. The fourth-order valence-corrected chi connectivity index (χ4v) is 3.02. The molecule has 0 unspecified atom stereocenters. The van der Waals surface area contributed by atoms with Crippen LogP contribution in [0.25, 0.3) is 0 Å². The topological polar surface area (TPSA) is 131 Å². The smallest absolute Gasteiger partial charge is 0.344 e. The lowest BCUT2D eigenvalue weighted by atomic mass is 9.99. The maximum atomic E-state index is 12.8. The molecule has 1 amide bonds. The predicted molar refractivity (Wildman–Crippen MR) is 118 cm³/mol. The second-order valence-electron chi connectivity index (χ2n) is 8.01. The first-order valence-corrected chi connectivity index (χ1v) is 9.67. The molecule has 0 atom stereocenters. The van der Waals surface area contributed by atoms with Gasteiger partial charge < -0.3 is 9.84 Å². The van der Waals surface area contributed by atoms with Crippen LogP contribution in [0.1, 0.15) is 49.2 Å². The summed E-state index contributed by atoms with van der Waals surface area (Å²) in [6, 6.07) is 11.9. The minimum absolute atomic E-state index is 0.0567. The molecule has 1 heterocycles. The summed E-state index contributed by atoms with van der Waals surface area (Å²) in [5.74, 6) is -1.63. The van der Waals surface area contributed by atoms with Gasteiger partial charge in [-0.25, -0.2) is 9.79 Å². The van der Waals surface area contributed by atoms with Crippen LogP contribution in [-0.4, -0.2) is 39.1 Å². The van der Waals surface area contributed by atoms with Crippen LogP contribution in [0.3, 0.4) is 0 Å². The molecule has 2 aromatic carbocycles. The summed E-state index contributed by atoms with van der Waals surface area (Å²) in [5.41, 5.74) is 0.235. The van der Waals surface area contributed by atoms with E-state index in [1.165, 1.54) is 31.2 Å². The Kier molecular flexibility index (Phi) is 6.02. The number of rotatable bonds is 4. The summed E-state index contributed by atoms with van der Waals surface area (Å²) >= 11 is 0. The molecule has 9 nitrogen and oxygen atoms in total. The number of aliphatic hydroxyl groups is 1. The lowest BCUT2D eigenvalue weighted by Crippen LogP contribution is -2.28. The summed E-state index contributed by atoms with van der Waals surface area (Å²) in [4.78, 5) is 44.1. The van der Waals surface area contributed by atoms with Gasteiger partial charge in [-0.3, -0.25) is 14.9 Å². The van der Waals surface area contributed by atoms with Gasteiger partial charge in [-0.15, -0.1) is 0 Å². The molecule has 9 heteroatoms. The summed E-state index contributed by atoms with van der Waals surface area (Å²) in [5, 5.41) is 21.0. The fourth-order valence-electron chi connectivity index (χ4n) is 3.02. The number of nitro groups is 1. The minimum atomic E-state index is -0.792. The fraction of sp³-hybridized carbons (Fsp3) is 0.217. The van der Waals surface area contributed by atoms with E-state index >= 15 is 0 Å². The van der Waals surface area contributed by atoms with Gasteiger partial charge in [0.2, 0.25) is 0 Å². The number of carbonyl (C=O) groups is 2. The van der Waals surface area contributed by atoms with Gasteiger partial charge >= 0.3 is 5.97 Å². The first-order chi connectivity index (χ1) is 15.0. The van der Waals surface area contributed by atoms with E-state index in [9.17, 15) is 24.8 Å². The number of nitro benzene ring substituents is 1. The molecule has 164 valence electrons. The average molecular weight is 435 g/mol. The largest absolute Gasteiger partial charge is 0.512 e. The molecule has 0 aromatic heterocycles. The Morgan fingerprint density at radius 1 is 1.06 bits per heavy atom. The standard InChI is InChI=1S/C23H21N3O6/c1-13(27)18(22(29)32-23(2,3)4)19-16-7-5-6-8-17(16)20(24-19)25-21(28)14-9-11-15(12-10-14)26(30)31/h5-12,27H,1-4H3/b18-13-,25-20?. The van der Waals surface area contributed by atoms with Gasteiger partial charge in [-0.1, -0.05) is 24.3 Å². The van der Waals surface area contributed by atoms with Gasteiger partial charge in [0, 0.05) is 28.8 Å². The minimum Gasteiger partial charge on any atom is -0.512 e. The van der Waals surface area contributed by atoms with Gasteiger partial charge in [0.25, 0.3) is 11.6 Å². The third-order valence-electron chi connectivity index (χ3n) is 4.37. The van der Waals surface area contributed by atoms with E-state index in [0.29, 0.717) is 11.1 Å². The molecule has 32 heavy (non-hydrogen) atoms. The number of allylic oxidation sites excluding steroid dienone is 1. The predicted octanol–water partition coefficient (Wildman–Crippen LogP) is 4.16. The molecule has 0 radical (unpaired) electrons. The van der Waals surface area contributed by atoms with E-state index in [1.807, 2.05) is 0 Å². The number of amides is 1. The van der Waals surface area contributed by atoms with E-state index in [2.05, 4.69) is 9.98 Å². The van der Waals surface area contributed by atoms with Crippen LogP contribution in [0.4, 0.5) is 5.69 Å². The van der Waals surface area contributed by atoms with Crippen molar-refractivity contribution >= 4 is 29.1 Å². The number of hydrogen-bond acceptors (Lipinski definition) is 6. The van der Waals surface area contributed by atoms with Crippen molar-refractivity contribution < 1.29 is 24.4 Å². The molecule has 1 aliphatic heterocycles. The number of ether oxygens (including phenoxy) is 1. The van der Waals surface area contributed by atoms with Crippen LogP contribution in [0.5, 0.6) is 0 Å². The summed E-state index contributed by atoms with van der Waals surface area (Å²) in [7, 11) is 0. The van der Waals surface area contributed by atoms with Crippen LogP contribution in [0.2, 0.25) is 0 Å². The first-order valence-electron chi connectivity index (χ1n) is 9.67. The highest BCUT2D eigenvalue weighted by Crippen LogP contribution is 2.27. The maximum absolute atomic E-state index is 12.8. The molecule has 1 N–H and O–H groups in total. The Morgan fingerprint density at radius 3 is 2.19 bits per heavy atom. The highest BCUT2D eigenvalue weighted by Gasteiger charge is 2.32. The van der Waals surface area contributed by atoms with Crippen molar-refractivity contribution in [1.29, 1.82) is 0 Å². The Balaban J connectivity index is 2.04. The van der Waals surface area contributed by atoms with Gasteiger partial charge in [0.1, 0.15) is 16.9 Å². The van der Waals surface area contributed by atoms with E-state index in [-0.39, 0.29) is 34.1 Å². The van der Waals surface area contributed by atoms with E-state index in [1.54, 1.807) is 45.0 Å². The zero-order valence-corrected chi connectivity index (χ0v) is 17.9. The highest BCUT2D eigenvalue weighted by atomic mass is 16.6. The van der Waals surface area contributed by atoms with E-state index in [4.69, 9.17) is 4.74 Å². The quantitative estimate of drug-likeness (QED) is 0.252. The van der Waals surface area contributed by atoms with Gasteiger partial charge in [0.05, 0.1) is 10.6 Å². The second-order valence-corrected chi connectivity index (χ2v) is 8.01. The Morgan fingerprint density at radius 2 is 1.66 bits per heavy atom. The number of fused-ring (bicyclic) bond motifs is 1. The third kappa shape index (κ3) is 4.77. The van der Waals surface area contributed by atoms with Gasteiger partial charge in [-0.05, 0) is 39.8 Å². The Labute approximate surface area is 183 Å². The number of amidine groups is 1. The zero-order chi connectivity index (χ0) is 23.6. The number of benzene rings is 2.